The molecule has 0 bridgehead atoms. The fourth-order valence-corrected chi connectivity index (χ4v) is 4.49. The van der Waals surface area contributed by atoms with Gasteiger partial charge >= 0.3 is 0 Å². The zero-order chi connectivity index (χ0) is 20.4. The number of carbonyl (C=O) groups excluding carboxylic acids is 1. The molecule has 1 aliphatic rings. The van der Waals surface area contributed by atoms with Crippen LogP contribution in [0.1, 0.15) is 46.5 Å². The molecule has 1 aromatic carbocycles. The van der Waals surface area contributed by atoms with Gasteiger partial charge < -0.3 is 15.5 Å². The Kier molecular flexibility index (Phi) is 9.68. The van der Waals surface area contributed by atoms with Gasteiger partial charge in [0.2, 0.25) is 5.91 Å². The smallest absolute Gasteiger partial charge is 0.225 e. The van der Waals surface area contributed by atoms with E-state index in [9.17, 15) is 4.79 Å². The van der Waals surface area contributed by atoms with Crippen molar-refractivity contribution in [3.63, 3.8) is 0 Å². The first-order valence-corrected chi connectivity index (χ1v) is 11.4. The first kappa shape index (κ1) is 22.6. The summed E-state index contributed by atoms with van der Waals surface area (Å²) < 4.78 is 0. The average Bonchev–Trinajstić information content (AvgIpc) is 2.73. The maximum absolute atomic E-state index is 12.5. The molecule has 0 aromatic heterocycles. The molecule has 1 aliphatic heterocycles. The average molecular weight is 405 g/mol. The number of guanidine groups is 1. The predicted octanol–water partition coefficient (Wildman–Crippen LogP) is 3.76. The zero-order valence-corrected chi connectivity index (χ0v) is 18.6. The van der Waals surface area contributed by atoms with Crippen molar-refractivity contribution in [2.75, 3.05) is 26.7 Å². The van der Waals surface area contributed by atoms with Crippen molar-refractivity contribution in [1.82, 2.24) is 15.5 Å². The van der Waals surface area contributed by atoms with Crippen molar-refractivity contribution in [2.45, 2.75) is 62.6 Å². The molecule has 0 radical (unpaired) electrons. The topological polar surface area (TPSA) is 56.7 Å². The predicted molar refractivity (Wildman–Crippen MR) is 120 cm³/mol. The van der Waals surface area contributed by atoms with Gasteiger partial charge in [-0.3, -0.25) is 9.79 Å². The van der Waals surface area contributed by atoms with E-state index in [1.165, 1.54) is 4.90 Å². The van der Waals surface area contributed by atoms with Gasteiger partial charge in [0.05, 0.1) is 0 Å². The highest BCUT2D eigenvalue weighted by Crippen LogP contribution is 2.22. The molecule has 0 spiro atoms. The quantitative estimate of drug-likeness (QED) is 0.393. The number of hydrogen-bond acceptors (Lipinski definition) is 3. The molecule has 1 fully saturated rings. The summed E-state index contributed by atoms with van der Waals surface area (Å²) in [6, 6.07) is 10.8. The number of amides is 1. The maximum atomic E-state index is 12.5. The molecule has 1 atom stereocenters. The standard InChI is InChI=1S/C22H36N4OS/c1-5-18(6-2)21(27)26-14-12-19(13-15-26)25-22(23-4)24-16-17(3)28-20-10-8-7-9-11-20/h7-11,17-19H,5-6,12-16H2,1-4H3,(H2,23,24,25). The minimum Gasteiger partial charge on any atom is -0.355 e. The van der Waals surface area contributed by atoms with E-state index in [0.29, 0.717) is 17.2 Å². The van der Waals surface area contributed by atoms with Crippen LogP contribution in [0.3, 0.4) is 0 Å². The van der Waals surface area contributed by atoms with Crippen molar-refractivity contribution in [3.8, 4) is 0 Å². The van der Waals surface area contributed by atoms with Gasteiger partial charge in [-0.25, -0.2) is 0 Å². The Morgan fingerprint density at radius 3 is 2.43 bits per heavy atom. The second-order valence-corrected chi connectivity index (χ2v) is 8.96. The molecule has 2 N–H and O–H groups in total. The third kappa shape index (κ3) is 7.04. The number of aliphatic imine (C=N–C) groups is 1. The lowest BCUT2D eigenvalue weighted by molar-refractivity contribution is -0.136. The molecule has 1 unspecified atom stereocenters. The van der Waals surface area contributed by atoms with Crippen LogP contribution < -0.4 is 10.6 Å². The van der Waals surface area contributed by atoms with E-state index >= 15 is 0 Å². The number of rotatable bonds is 8. The fourth-order valence-electron chi connectivity index (χ4n) is 3.54. The van der Waals surface area contributed by atoms with Gasteiger partial charge in [0.1, 0.15) is 0 Å². The summed E-state index contributed by atoms with van der Waals surface area (Å²) in [5.74, 6) is 1.37. The molecule has 156 valence electrons. The Balaban J connectivity index is 1.73. The van der Waals surface area contributed by atoms with Gasteiger partial charge in [-0.05, 0) is 37.8 Å². The van der Waals surface area contributed by atoms with Crippen molar-refractivity contribution in [2.24, 2.45) is 10.9 Å². The van der Waals surface area contributed by atoms with E-state index in [1.807, 2.05) is 29.8 Å². The molecular formula is C22H36N4OS. The number of likely N-dealkylation sites (tertiary alicyclic amines) is 1. The summed E-state index contributed by atoms with van der Waals surface area (Å²) in [5, 5.41) is 7.42. The van der Waals surface area contributed by atoms with Crippen molar-refractivity contribution in [1.29, 1.82) is 0 Å². The second kappa shape index (κ2) is 12.0. The van der Waals surface area contributed by atoms with Crippen LogP contribution in [0, 0.1) is 5.92 Å². The second-order valence-electron chi connectivity index (χ2n) is 7.45. The first-order chi connectivity index (χ1) is 13.6. The van der Waals surface area contributed by atoms with Crippen LogP contribution in [-0.2, 0) is 4.79 Å². The Morgan fingerprint density at radius 2 is 1.86 bits per heavy atom. The largest absolute Gasteiger partial charge is 0.355 e. The van der Waals surface area contributed by atoms with Crippen LogP contribution in [0.5, 0.6) is 0 Å². The van der Waals surface area contributed by atoms with Crippen LogP contribution in [0.15, 0.2) is 40.2 Å². The summed E-state index contributed by atoms with van der Waals surface area (Å²) in [4.78, 5) is 20.2. The third-order valence-electron chi connectivity index (χ3n) is 5.34. The summed E-state index contributed by atoms with van der Waals surface area (Å²) in [6.07, 6.45) is 3.81. The SMILES string of the molecule is CCC(CC)C(=O)N1CCC(NC(=NC)NCC(C)Sc2ccccc2)CC1. The Hall–Kier alpha value is -1.69. The maximum Gasteiger partial charge on any atom is 0.225 e. The van der Waals surface area contributed by atoms with E-state index in [2.05, 4.69) is 60.7 Å². The highest BCUT2D eigenvalue weighted by molar-refractivity contribution is 8.00. The Labute approximate surface area is 174 Å². The lowest BCUT2D eigenvalue weighted by atomic mass is 9.98. The summed E-state index contributed by atoms with van der Waals surface area (Å²) in [5.41, 5.74) is 0. The van der Waals surface area contributed by atoms with E-state index in [4.69, 9.17) is 0 Å². The van der Waals surface area contributed by atoms with Gasteiger partial charge in [-0.15, -0.1) is 11.8 Å². The number of thioether (sulfide) groups is 1. The zero-order valence-electron chi connectivity index (χ0n) is 17.8. The van der Waals surface area contributed by atoms with E-state index < -0.39 is 0 Å². The molecule has 6 heteroatoms. The first-order valence-electron chi connectivity index (χ1n) is 10.5. The number of piperidine rings is 1. The third-order valence-corrected chi connectivity index (χ3v) is 6.46. The van der Waals surface area contributed by atoms with Crippen molar-refractivity contribution in [3.05, 3.63) is 30.3 Å². The van der Waals surface area contributed by atoms with Crippen LogP contribution in [0.2, 0.25) is 0 Å². The van der Waals surface area contributed by atoms with Gasteiger partial charge in [-0.2, -0.15) is 0 Å². The van der Waals surface area contributed by atoms with Gasteiger partial charge in [-0.1, -0.05) is 39.0 Å². The number of nitrogens with zero attached hydrogens (tertiary/aromatic N) is 2. The molecule has 1 amide bonds. The normalized spacial score (nSPS) is 16.9. The minimum atomic E-state index is 0.183. The summed E-state index contributed by atoms with van der Waals surface area (Å²) in [7, 11) is 1.82. The lowest BCUT2D eigenvalue weighted by Gasteiger charge is -2.35. The molecule has 0 aliphatic carbocycles. The molecule has 0 saturated carbocycles. The van der Waals surface area contributed by atoms with Crippen molar-refractivity contribution >= 4 is 23.6 Å². The molecular weight excluding hydrogens is 368 g/mol. The number of hydrogen-bond donors (Lipinski definition) is 2. The van der Waals surface area contributed by atoms with Crippen LogP contribution in [0.4, 0.5) is 0 Å². The van der Waals surface area contributed by atoms with E-state index in [0.717, 1.165) is 51.3 Å². The Bertz CT molecular complexity index is 610. The summed E-state index contributed by atoms with van der Waals surface area (Å²) >= 11 is 1.86. The molecule has 28 heavy (non-hydrogen) atoms. The summed E-state index contributed by atoms with van der Waals surface area (Å²) in [6.45, 7) is 8.96. The number of benzene rings is 1. The van der Waals surface area contributed by atoms with Gasteiger partial charge in [0, 0.05) is 48.8 Å². The monoisotopic (exact) mass is 404 g/mol. The van der Waals surface area contributed by atoms with Gasteiger partial charge in [0.15, 0.2) is 5.96 Å². The van der Waals surface area contributed by atoms with Crippen molar-refractivity contribution < 1.29 is 4.79 Å². The molecule has 5 nitrogen and oxygen atoms in total. The molecule has 1 saturated heterocycles. The lowest BCUT2D eigenvalue weighted by Crippen LogP contribution is -2.51. The van der Waals surface area contributed by atoms with Crippen LogP contribution in [-0.4, -0.2) is 54.7 Å². The van der Waals surface area contributed by atoms with Gasteiger partial charge in [0.25, 0.3) is 0 Å². The van der Waals surface area contributed by atoms with Crippen LogP contribution in [0.25, 0.3) is 0 Å². The van der Waals surface area contributed by atoms with Crippen LogP contribution >= 0.6 is 11.8 Å². The molecule has 1 aromatic rings. The van der Waals surface area contributed by atoms with E-state index in [-0.39, 0.29) is 5.92 Å². The molecule has 2 rings (SSSR count). The number of carbonyl (C=O) groups is 1. The minimum absolute atomic E-state index is 0.183. The number of nitrogens with one attached hydrogen (secondary N) is 2. The Morgan fingerprint density at radius 1 is 1.21 bits per heavy atom. The molecule has 1 heterocycles. The highest BCUT2D eigenvalue weighted by Gasteiger charge is 2.26. The fraction of sp³-hybridized carbons (Fsp3) is 0.636. The van der Waals surface area contributed by atoms with E-state index in [1.54, 1.807) is 0 Å². The highest BCUT2D eigenvalue weighted by atomic mass is 32.2.